The molecule has 0 aliphatic carbocycles. The molecule has 1 fully saturated rings. The van der Waals surface area contributed by atoms with E-state index < -0.39 is 0 Å². The van der Waals surface area contributed by atoms with Crippen molar-refractivity contribution in [3.05, 3.63) is 30.5 Å². The Kier molecular flexibility index (Phi) is 2.44. The molecule has 3 aromatic rings. The van der Waals surface area contributed by atoms with E-state index in [9.17, 15) is 0 Å². The smallest absolute Gasteiger partial charge is 0.201 e. The van der Waals surface area contributed by atoms with Crippen LogP contribution in [0.2, 0.25) is 0 Å². The van der Waals surface area contributed by atoms with E-state index >= 15 is 0 Å². The van der Waals surface area contributed by atoms with Crippen LogP contribution in [0.1, 0.15) is 12.5 Å². The van der Waals surface area contributed by atoms with Gasteiger partial charge >= 0.3 is 0 Å². The number of hydrogen-bond acceptors (Lipinski definition) is 4. The molecule has 1 unspecified atom stereocenters. The van der Waals surface area contributed by atoms with Crippen LogP contribution >= 0.6 is 0 Å². The summed E-state index contributed by atoms with van der Waals surface area (Å²) in [6.07, 6.45) is 2.94. The Morgan fingerprint density at radius 3 is 2.90 bits per heavy atom. The van der Waals surface area contributed by atoms with Crippen molar-refractivity contribution in [2.45, 2.75) is 12.5 Å². The van der Waals surface area contributed by atoms with Crippen LogP contribution in [0, 0.1) is 0 Å². The van der Waals surface area contributed by atoms with Crippen molar-refractivity contribution in [1.29, 1.82) is 0 Å². The molecule has 0 bridgehead atoms. The number of anilines is 1. The second-order valence-corrected chi connectivity index (χ2v) is 5.55. The number of likely N-dealkylation sites (N-methyl/N-ethyl adjacent to an activating group) is 1. The Morgan fingerprint density at radius 1 is 1.25 bits per heavy atom. The van der Waals surface area contributed by atoms with Gasteiger partial charge in [0.05, 0.1) is 23.3 Å². The third-order valence-corrected chi connectivity index (χ3v) is 4.18. The number of benzene rings is 1. The lowest BCUT2D eigenvalue weighted by Gasteiger charge is -2.15. The zero-order chi connectivity index (χ0) is 13.7. The molecule has 1 saturated heterocycles. The summed E-state index contributed by atoms with van der Waals surface area (Å²) in [7, 11) is 2.15. The molecule has 1 aliphatic rings. The van der Waals surface area contributed by atoms with Crippen LogP contribution in [-0.4, -0.2) is 39.6 Å². The normalized spacial score (nSPS) is 20.1. The van der Waals surface area contributed by atoms with E-state index in [1.165, 1.54) is 0 Å². The first kappa shape index (κ1) is 11.7. The molecule has 3 heterocycles. The molecule has 1 atom stereocenters. The average Bonchev–Trinajstić information content (AvgIpc) is 3.01. The minimum absolute atomic E-state index is 0.399. The number of aromatic nitrogens is 3. The molecule has 0 saturated carbocycles. The number of nitrogen functional groups attached to an aromatic ring is 1. The van der Waals surface area contributed by atoms with E-state index in [0.29, 0.717) is 12.0 Å². The predicted molar refractivity (Wildman–Crippen MR) is 80.6 cm³/mol. The Hall–Kier alpha value is -2.14. The van der Waals surface area contributed by atoms with Gasteiger partial charge < -0.3 is 15.2 Å². The van der Waals surface area contributed by atoms with Crippen LogP contribution in [-0.2, 0) is 0 Å². The molecule has 2 aromatic heterocycles. The largest absolute Gasteiger partial charge is 0.369 e. The Morgan fingerprint density at radius 2 is 2.10 bits per heavy atom. The summed E-state index contributed by atoms with van der Waals surface area (Å²) in [6.45, 7) is 2.12. The fourth-order valence-corrected chi connectivity index (χ4v) is 3.24. The van der Waals surface area contributed by atoms with Gasteiger partial charge in [0.1, 0.15) is 5.52 Å². The number of nitrogens with zero attached hydrogens (tertiary/aromatic N) is 4. The van der Waals surface area contributed by atoms with E-state index in [2.05, 4.69) is 32.5 Å². The van der Waals surface area contributed by atoms with E-state index in [0.717, 1.165) is 41.4 Å². The summed E-state index contributed by atoms with van der Waals surface area (Å²) in [6, 6.07) is 8.58. The highest BCUT2D eigenvalue weighted by atomic mass is 15.2. The number of imidazole rings is 1. The minimum Gasteiger partial charge on any atom is -0.369 e. The molecule has 102 valence electrons. The number of rotatable bonds is 1. The Balaban J connectivity index is 2.03. The van der Waals surface area contributed by atoms with E-state index in [-0.39, 0.29) is 0 Å². The summed E-state index contributed by atoms with van der Waals surface area (Å²) in [5.74, 6) is 0.596. The second kappa shape index (κ2) is 4.18. The topological polar surface area (TPSA) is 60.0 Å². The molecule has 0 spiro atoms. The van der Waals surface area contributed by atoms with Gasteiger partial charge in [-0.3, -0.25) is 4.98 Å². The molecule has 4 rings (SSSR count). The standard InChI is InChI=1S/C15H17N5/c1-19-7-6-10(9-19)20-14-11-4-2-3-5-12(11)17-8-13(14)18-15(20)16/h2-5,8,10H,6-7,9H2,1H3,(H2,16,18). The maximum Gasteiger partial charge on any atom is 0.201 e. The lowest BCUT2D eigenvalue weighted by molar-refractivity contribution is 0.396. The summed E-state index contributed by atoms with van der Waals surface area (Å²) < 4.78 is 2.20. The average molecular weight is 267 g/mol. The van der Waals surface area contributed by atoms with E-state index in [1.807, 2.05) is 24.4 Å². The molecular formula is C15H17N5. The molecule has 1 aromatic carbocycles. The zero-order valence-electron chi connectivity index (χ0n) is 11.5. The summed E-state index contributed by atoms with van der Waals surface area (Å²) in [5.41, 5.74) is 9.17. The van der Waals surface area contributed by atoms with Crippen LogP contribution in [0.4, 0.5) is 5.95 Å². The van der Waals surface area contributed by atoms with Crippen molar-refractivity contribution in [3.8, 4) is 0 Å². The molecule has 0 radical (unpaired) electrons. The first-order chi connectivity index (χ1) is 9.74. The van der Waals surface area contributed by atoms with E-state index in [1.54, 1.807) is 0 Å². The van der Waals surface area contributed by atoms with Crippen LogP contribution in [0.15, 0.2) is 30.5 Å². The molecular weight excluding hydrogens is 250 g/mol. The maximum atomic E-state index is 6.18. The fourth-order valence-electron chi connectivity index (χ4n) is 3.24. The lowest BCUT2D eigenvalue weighted by atomic mass is 10.1. The van der Waals surface area contributed by atoms with Crippen molar-refractivity contribution >= 4 is 27.9 Å². The fraction of sp³-hybridized carbons (Fsp3) is 0.333. The highest BCUT2D eigenvalue weighted by Gasteiger charge is 2.25. The molecule has 20 heavy (non-hydrogen) atoms. The Bertz CT molecular complexity index is 791. The molecule has 1 aliphatic heterocycles. The number of nitrogens with two attached hydrogens (primary N) is 1. The SMILES string of the molecule is CN1CCC(n2c(N)nc3cnc4ccccc4c32)C1. The number of hydrogen-bond donors (Lipinski definition) is 1. The highest BCUT2D eigenvalue weighted by Crippen LogP contribution is 2.32. The van der Waals surface area contributed by atoms with Gasteiger partial charge in [0.2, 0.25) is 5.95 Å². The van der Waals surface area contributed by atoms with Gasteiger partial charge in [0.25, 0.3) is 0 Å². The Labute approximate surface area is 117 Å². The van der Waals surface area contributed by atoms with Gasteiger partial charge in [-0.1, -0.05) is 18.2 Å². The molecule has 5 heteroatoms. The first-order valence-electron chi connectivity index (χ1n) is 6.94. The number of likely N-dealkylation sites (tertiary alicyclic amines) is 1. The monoisotopic (exact) mass is 267 g/mol. The number of fused-ring (bicyclic) bond motifs is 3. The summed E-state index contributed by atoms with van der Waals surface area (Å²) in [5, 5.41) is 1.13. The third-order valence-electron chi connectivity index (χ3n) is 4.18. The van der Waals surface area contributed by atoms with Gasteiger partial charge in [0, 0.05) is 11.9 Å². The second-order valence-electron chi connectivity index (χ2n) is 5.55. The van der Waals surface area contributed by atoms with Crippen LogP contribution in [0.5, 0.6) is 0 Å². The van der Waals surface area contributed by atoms with Crippen molar-refractivity contribution in [3.63, 3.8) is 0 Å². The molecule has 2 N–H and O–H groups in total. The van der Waals surface area contributed by atoms with Crippen LogP contribution in [0.25, 0.3) is 21.9 Å². The van der Waals surface area contributed by atoms with E-state index in [4.69, 9.17) is 5.73 Å². The van der Waals surface area contributed by atoms with Gasteiger partial charge in [-0.25, -0.2) is 4.98 Å². The van der Waals surface area contributed by atoms with Crippen LogP contribution in [0.3, 0.4) is 0 Å². The van der Waals surface area contributed by atoms with Crippen molar-refractivity contribution in [2.75, 3.05) is 25.9 Å². The summed E-state index contributed by atoms with van der Waals surface area (Å²) >= 11 is 0. The van der Waals surface area contributed by atoms with Crippen LogP contribution < -0.4 is 5.73 Å². The van der Waals surface area contributed by atoms with Crippen molar-refractivity contribution in [1.82, 2.24) is 19.4 Å². The van der Waals surface area contributed by atoms with Crippen molar-refractivity contribution < 1.29 is 0 Å². The number of para-hydroxylation sites is 1. The first-order valence-corrected chi connectivity index (χ1v) is 6.94. The van der Waals surface area contributed by atoms with Gasteiger partial charge in [-0.2, -0.15) is 0 Å². The minimum atomic E-state index is 0.399. The lowest BCUT2D eigenvalue weighted by Crippen LogP contribution is -2.17. The predicted octanol–water partition coefficient (Wildman–Crippen LogP) is 2.04. The van der Waals surface area contributed by atoms with Gasteiger partial charge in [0.15, 0.2) is 0 Å². The molecule has 0 amide bonds. The van der Waals surface area contributed by atoms with Gasteiger partial charge in [-0.15, -0.1) is 0 Å². The van der Waals surface area contributed by atoms with Gasteiger partial charge in [-0.05, 0) is 26.1 Å². The quantitative estimate of drug-likeness (QED) is 0.733. The third kappa shape index (κ3) is 1.59. The number of pyridine rings is 1. The highest BCUT2D eigenvalue weighted by molar-refractivity contribution is 6.03. The maximum absolute atomic E-state index is 6.18. The summed E-state index contributed by atoms with van der Waals surface area (Å²) in [4.78, 5) is 11.3. The zero-order valence-corrected chi connectivity index (χ0v) is 11.5. The molecule has 5 nitrogen and oxygen atoms in total. The van der Waals surface area contributed by atoms with Crippen molar-refractivity contribution in [2.24, 2.45) is 0 Å².